The van der Waals surface area contributed by atoms with E-state index in [9.17, 15) is 9.18 Å². The molecule has 17 heavy (non-hydrogen) atoms. The third-order valence-electron chi connectivity index (χ3n) is 3.73. The quantitative estimate of drug-likeness (QED) is 0.784. The number of nitrogens with one attached hydrogen (secondary N) is 1. The van der Waals surface area contributed by atoms with Gasteiger partial charge in [0.2, 0.25) is 0 Å². The van der Waals surface area contributed by atoms with Crippen LogP contribution in [0.5, 0.6) is 0 Å². The fraction of sp³-hybridized carbons (Fsp3) is 0.357. The summed E-state index contributed by atoms with van der Waals surface area (Å²) in [5.41, 5.74) is 2.04. The van der Waals surface area contributed by atoms with E-state index >= 15 is 0 Å². The number of carbonyl (C=O) groups is 1. The Morgan fingerprint density at radius 3 is 2.76 bits per heavy atom. The van der Waals surface area contributed by atoms with Crippen molar-refractivity contribution in [2.24, 2.45) is 0 Å². The number of fused-ring (bicyclic) bond motifs is 1. The van der Waals surface area contributed by atoms with Gasteiger partial charge in [0.1, 0.15) is 5.82 Å². The molecule has 2 aromatic rings. The van der Waals surface area contributed by atoms with Crippen molar-refractivity contribution in [1.29, 1.82) is 0 Å². The molecule has 1 aliphatic carbocycles. The van der Waals surface area contributed by atoms with Crippen LogP contribution in [-0.2, 0) is 0 Å². The molecule has 1 aliphatic rings. The molecule has 0 bridgehead atoms. The van der Waals surface area contributed by atoms with Crippen LogP contribution in [-0.4, -0.2) is 11.3 Å². The lowest BCUT2D eigenvalue weighted by Gasteiger charge is -2.07. The molecule has 88 valence electrons. The summed E-state index contributed by atoms with van der Waals surface area (Å²) in [5.74, 6) is 0.108. The summed E-state index contributed by atoms with van der Waals surface area (Å²) >= 11 is 0. The summed E-state index contributed by atoms with van der Waals surface area (Å²) < 4.78 is 13.7. The SMILES string of the molecule is O=Cc1c(C2CCCC2)[nH]c2c(F)cccc12. The Hall–Kier alpha value is -1.64. The summed E-state index contributed by atoms with van der Waals surface area (Å²) in [7, 11) is 0. The van der Waals surface area contributed by atoms with Crippen LogP contribution in [0.3, 0.4) is 0 Å². The molecule has 1 heterocycles. The molecule has 0 unspecified atom stereocenters. The van der Waals surface area contributed by atoms with Gasteiger partial charge in [0.05, 0.1) is 5.52 Å². The van der Waals surface area contributed by atoms with Gasteiger partial charge in [-0.25, -0.2) is 4.39 Å². The highest BCUT2D eigenvalue weighted by atomic mass is 19.1. The molecule has 1 N–H and O–H groups in total. The number of benzene rings is 1. The van der Waals surface area contributed by atoms with E-state index < -0.39 is 0 Å². The molecule has 0 spiro atoms. The van der Waals surface area contributed by atoms with E-state index in [2.05, 4.69) is 4.98 Å². The van der Waals surface area contributed by atoms with Crippen molar-refractivity contribution in [2.75, 3.05) is 0 Å². The summed E-state index contributed by atoms with van der Waals surface area (Å²) in [6, 6.07) is 4.87. The van der Waals surface area contributed by atoms with Crippen molar-refractivity contribution in [3.8, 4) is 0 Å². The fourth-order valence-corrected chi connectivity index (χ4v) is 2.89. The van der Waals surface area contributed by atoms with Gasteiger partial charge in [0.25, 0.3) is 0 Å². The molecule has 0 amide bonds. The Kier molecular flexibility index (Phi) is 2.46. The first-order valence-corrected chi connectivity index (χ1v) is 6.06. The minimum atomic E-state index is -0.283. The Morgan fingerprint density at radius 1 is 1.29 bits per heavy atom. The second-order valence-electron chi connectivity index (χ2n) is 4.71. The van der Waals surface area contributed by atoms with Crippen molar-refractivity contribution >= 4 is 17.2 Å². The largest absolute Gasteiger partial charge is 0.355 e. The number of hydrogen-bond acceptors (Lipinski definition) is 1. The van der Waals surface area contributed by atoms with Crippen LogP contribution in [0.2, 0.25) is 0 Å². The van der Waals surface area contributed by atoms with Crippen LogP contribution in [0.1, 0.15) is 47.7 Å². The topological polar surface area (TPSA) is 32.9 Å². The van der Waals surface area contributed by atoms with Crippen LogP contribution in [0.25, 0.3) is 10.9 Å². The van der Waals surface area contributed by atoms with Crippen molar-refractivity contribution < 1.29 is 9.18 Å². The maximum absolute atomic E-state index is 13.7. The summed E-state index contributed by atoms with van der Waals surface area (Å²) in [5, 5.41) is 0.710. The van der Waals surface area contributed by atoms with E-state index in [1.54, 1.807) is 12.1 Å². The lowest BCUT2D eigenvalue weighted by Crippen LogP contribution is -1.96. The normalized spacial score (nSPS) is 16.8. The first-order chi connectivity index (χ1) is 8.31. The number of carbonyl (C=O) groups excluding carboxylic acids is 1. The third-order valence-corrected chi connectivity index (χ3v) is 3.73. The summed E-state index contributed by atoms with van der Waals surface area (Å²) in [6.07, 6.45) is 5.43. The number of halogens is 1. The molecule has 2 nitrogen and oxygen atoms in total. The van der Waals surface area contributed by atoms with Gasteiger partial charge in [-0.05, 0) is 24.8 Å². The minimum absolute atomic E-state index is 0.283. The van der Waals surface area contributed by atoms with Crippen LogP contribution in [0.15, 0.2) is 18.2 Å². The molecular formula is C14H14FNO. The molecular weight excluding hydrogens is 217 g/mol. The first-order valence-electron chi connectivity index (χ1n) is 6.06. The highest BCUT2D eigenvalue weighted by molar-refractivity contribution is 5.99. The molecule has 0 radical (unpaired) electrons. The van der Waals surface area contributed by atoms with Gasteiger partial charge < -0.3 is 4.98 Å². The second-order valence-corrected chi connectivity index (χ2v) is 4.71. The highest BCUT2D eigenvalue weighted by Crippen LogP contribution is 2.37. The zero-order valence-electron chi connectivity index (χ0n) is 9.50. The Morgan fingerprint density at radius 2 is 2.06 bits per heavy atom. The van der Waals surface area contributed by atoms with Gasteiger partial charge in [0.15, 0.2) is 6.29 Å². The number of para-hydroxylation sites is 1. The molecule has 0 saturated heterocycles. The van der Waals surface area contributed by atoms with E-state index in [0.29, 0.717) is 22.4 Å². The molecule has 1 saturated carbocycles. The van der Waals surface area contributed by atoms with E-state index in [1.807, 2.05) is 0 Å². The van der Waals surface area contributed by atoms with Crippen molar-refractivity contribution in [3.63, 3.8) is 0 Å². The highest BCUT2D eigenvalue weighted by Gasteiger charge is 2.23. The smallest absolute Gasteiger partial charge is 0.152 e. The number of aromatic nitrogens is 1. The number of aldehydes is 1. The Balaban J connectivity index is 2.23. The van der Waals surface area contributed by atoms with E-state index in [0.717, 1.165) is 24.8 Å². The predicted molar refractivity (Wildman–Crippen MR) is 64.9 cm³/mol. The van der Waals surface area contributed by atoms with E-state index in [1.165, 1.54) is 18.9 Å². The van der Waals surface area contributed by atoms with Gasteiger partial charge in [-0.1, -0.05) is 25.0 Å². The van der Waals surface area contributed by atoms with Crippen LogP contribution < -0.4 is 0 Å². The zero-order valence-corrected chi connectivity index (χ0v) is 9.50. The predicted octanol–water partition coefficient (Wildman–Crippen LogP) is 3.78. The Labute approximate surface area is 98.8 Å². The lowest BCUT2D eigenvalue weighted by atomic mass is 9.99. The minimum Gasteiger partial charge on any atom is -0.355 e. The van der Waals surface area contributed by atoms with Gasteiger partial charge >= 0.3 is 0 Å². The first kappa shape index (κ1) is 10.5. The maximum Gasteiger partial charge on any atom is 0.152 e. The van der Waals surface area contributed by atoms with Crippen molar-refractivity contribution in [3.05, 3.63) is 35.3 Å². The Bertz CT molecular complexity index is 567. The van der Waals surface area contributed by atoms with Crippen molar-refractivity contribution in [1.82, 2.24) is 4.98 Å². The van der Waals surface area contributed by atoms with Crippen LogP contribution >= 0.6 is 0 Å². The van der Waals surface area contributed by atoms with Crippen molar-refractivity contribution in [2.45, 2.75) is 31.6 Å². The second kappa shape index (κ2) is 3.99. The van der Waals surface area contributed by atoms with Gasteiger partial charge in [-0.3, -0.25) is 4.79 Å². The fourth-order valence-electron chi connectivity index (χ4n) is 2.89. The van der Waals surface area contributed by atoms with E-state index in [4.69, 9.17) is 0 Å². The summed E-state index contributed by atoms with van der Waals surface area (Å²) in [4.78, 5) is 14.3. The third kappa shape index (κ3) is 1.57. The molecule has 3 heteroatoms. The van der Waals surface area contributed by atoms with Gasteiger partial charge in [-0.2, -0.15) is 0 Å². The van der Waals surface area contributed by atoms with Crippen LogP contribution in [0, 0.1) is 5.82 Å². The number of hydrogen-bond donors (Lipinski definition) is 1. The molecule has 0 aliphatic heterocycles. The monoisotopic (exact) mass is 231 g/mol. The number of H-pyrrole nitrogens is 1. The average molecular weight is 231 g/mol. The maximum atomic E-state index is 13.7. The molecule has 1 aromatic carbocycles. The molecule has 0 atom stereocenters. The average Bonchev–Trinajstić information content (AvgIpc) is 2.95. The molecule has 1 fully saturated rings. The lowest BCUT2D eigenvalue weighted by molar-refractivity contribution is 0.112. The zero-order chi connectivity index (χ0) is 11.8. The standard InChI is InChI=1S/C14H14FNO/c15-12-7-3-6-10-11(8-17)13(16-14(10)12)9-4-1-2-5-9/h3,6-9,16H,1-2,4-5H2. The van der Waals surface area contributed by atoms with Crippen LogP contribution in [0.4, 0.5) is 4.39 Å². The molecule has 3 rings (SSSR count). The number of rotatable bonds is 2. The summed E-state index contributed by atoms with van der Waals surface area (Å²) in [6.45, 7) is 0. The van der Waals surface area contributed by atoms with Gasteiger partial charge in [-0.15, -0.1) is 0 Å². The molecule has 1 aromatic heterocycles. The van der Waals surface area contributed by atoms with Gasteiger partial charge in [0, 0.05) is 16.6 Å². The number of aromatic amines is 1. The van der Waals surface area contributed by atoms with E-state index in [-0.39, 0.29) is 5.82 Å².